The number of rotatable bonds is 5. The summed E-state index contributed by atoms with van der Waals surface area (Å²) in [5.74, 6) is -1.25. The van der Waals surface area contributed by atoms with Gasteiger partial charge in [-0.05, 0) is 18.2 Å². The van der Waals surface area contributed by atoms with E-state index < -0.39 is 27.7 Å². The first-order chi connectivity index (χ1) is 14.6. The highest BCUT2D eigenvalue weighted by molar-refractivity contribution is 7.90. The second-order valence-corrected chi connectivity index (χ2v) is 9.06. The smallest absolute Gasteiger partial charge is 0.407 e. The van der Waals surface area contributed by atoms with Crippen LogP contribution in [0.3, 0.4) is 0 Å². The highest BCUT2D eigenvalue weighted by atomic mass is 32.2. The molecule has 1 aliphatic heterocycles. The summed E-state index contributed by atoms with van der Waals surface area (Å²) >= 11 is 0. The van der Waals surface area contributed by atoms with Crippen LogP contribution in [0.15, 0.2) is 35.5 Å². The van der Waals surface area contributed by atoms with Crippen molar-refractivity contribution in [2.45, 2.75) is 30.8 Å². The number of aromatic nitrogens is 2. The number of carboxylic acid groups (broad SMARTS) is 1. The summed E-state index contributed by atoms with van der Waals surface area (Å²) in [7, 11) is -3.61. The Morgan fingerprint density at radius 2 is 1.90 bits per heavy atom. The molecule has 0 bridgehead atoms. The third-order valence-corrected chi connectivity index (χ3v) is 5.87. The minimum Gasteiger partial charge on any atom is -0.474 e. The van der Waals surface area contributed by atoms with E-state index in [0.29, 0.717) is 25.9 Å². The molecular formula is C19H21FN4O6S. The van der Waals surface area contributed by atoms with E-state index in [-0.39, 0.29) is 28.4 Å². The highest BCUT2D eigenvalue weighted by Crippen LogP contribution is 2.30. The minimum atomic E-state index is -3.61. The maximum atomic E-state index is 14.7. The molecule has 0 spiro atoms. The maximum Gasteiger partial charge on any atom is 0.407 e. The highest BCUT2D eigenvalue weighted by Gasteiger charge is 2.25. The number of sulfone groups is 1. The molecule has 0 aliphatic carbocycles. The van der Waals surface area contributed by atoms with Crippen LogP contribution in [-0.4, -0.2) is 65.8 Å². The van der Waals surface area contributed by atoms with Gasteiger partial charge in [-0.1, -0.05) is 0 Å². The second kappa shape index (κ2) is 8.84. The number of carbonyl (C=O) groups is 2. The number of benzene rings is 1. The van der Waals surface area contributed by atoms with Crippen LogP contribution in [0.1, 0.15) is 19.8 Å². The quantitative estimate of drug-likeness (QED) is 0.731. The zero-order chi connectivity index (χ0) is 22.8. The fourth-order valence-corrected chi connectivity index (χ4v) is 3.84. The summed E-state index contributed by atoms with van der Waals surface area (Å²) in [5.41, 5.74) is -0.167. The maximum absolute atomic E-state index is 14.7. The minimum absolute atomic E-state index is 0.0477. The summed E-state index contributed by atoms with van der Waals surface area (Å²) < 4.78 is 43.8. The number of likely N-dealkylation sites (tertiary alicyclic amines) is 1. The molecule has 2 aromatic rings. The molecule has 166 valence electrons. The van der Waals surface area contributed by atoms with Crippen molar-refractivity contribution in [2.24, 2.45) is 0 Å². The van der Waals surface area contributed by atoms with E-state index in [1.165, 1.54) is 30.0 Å². The number of ether oxygens (including phenoxy) is 1. The molecule has 0 saturated carbocycles. The van der Waals surface area contributed by atoms with Crippen LogP contribution in [0.25, 0.3) is 0 Å². The number of hydrogen-bond donors (Lipinski definition) is 1. The van der Waals surface area contributed by atoms with Gasteiger partial charge in [0.2, 0.25) is 11.8 Å². The first-order valence-corrected chi connectivity index (χ1v) is 11.2. The van der Waals surface area contributed by atoms with Crippen LogP contribution in [0.5, 0.6) is 5.88 Å². The number of piperidine rings is 1. The molecule has 31 heavy (non-hydrogen) atoms. The van der Waals surface area contributed by atoms with Crippen LogP contribution in [0.4, 0.5) is 20.7 Å². The largest absolute Gasteiger partial charge is 0.474 e. The zero-order valence-electron chi connectivity index (χ0n) is 16.9. The Balaban J connectivity index is 1.84. The molecule has 2 amide bonds. The molecule has 10 nitrogen and oxygen atoms in total. The zero-order valence-corrected chi connectivity index (χ0v) is 17.7. The van der Waals surface area contributed by atoms with Gasteiger partial charge in [0, 0.05) is 45.2 Å². The Labute approximate surface area is 178 Å². The normalized spacial score (nSPS) is 14.9. The first kappa shape index (κ1) is 22.4. The molecule has 0 radical (unpaired) electrons. The fraction of sp³-hybridized carbons (Fsp3) is 0.368. The molecule has 1 fully saturated rings. The van der Waals surface area contributed by atoms with E-state index in [0.717, 1.165) is 23.5 Å². The Morgan fingerprint density at radius 1 is 1.23 bits per heavy atom. The molecule has 12 heteroatoms. The lowest BCUT2D eigenvalue weighted by Crippen LogP contribution is -2.41. The van der Waals surface area contributed by atoms with Crippen LogP contribution in [0.2, 0.25) is 0 Å². The van der Waals surface area contributed by atoms with Gasteiger partial charge < -0.3 is 14.7 Å². The first-order valence-electron chi connectivity index (χ1n) is 9.33. The van der Waals surface area contributed by atoms with Crippen molar-refractivity contribution in [1.29, 1.82) is 0 Å². The summed E-state index contributed by atoms with van der Waals surface area (Å²) in [6.07, 6.45) is 1.82. The van der Waals surface area contributed by atoms with Gasteiger partial charge in [-0.2, -0.15) is 0 Å². The lowest BCUT2D eigenvalue weighted by atomic mass is 10.1. The number of carbonyl (C=O) groups excluding carboxylic acids is 1. The number of amides is 2. The SMILES string of the molecule is CC(=O)N(c1cc(OC2CCN(C(=O)O)CC2)ncn1)c1ccc(S(C)(=O)=O)cc1F. The Morgan fingerprint density at radius 3 is 2.45 bits per heavy atom. The monoisotopic (exact) mass is 452 g/mol. The average molecular weight is 452 g/mol. The third kappa shape index (κ3) is 5.26. The van der Waals surface area contributed by atoms with Crippen molar-refractivity contribution in [3.8, 4) is 5.88 Å². The van der Waals surface area contributed by atoms with Gasteiger partial charge in [0.15, 0.2) is 9.84 Å². The van der Waals surface area contributed by atoms with Crippen LogP contribution < -0.4 is 9.64 Å². The molecule has 2 heterocycles. The van der Waals surface area contributed by atoms with Gasteiger partial charge in [-0.25, -0.2) is 27.6 Å². The molecule has 1 aromatic heterocycles. The Hall–Kier alpha value is -3.28. The summed E-state index contributed by atoms with van der Waals surface area (Å²) in [6, 6.07) is 4.61. The number of nitrogens with zero attached hydrogens (tertiary/aromatic N) is 4. The van der Waals surface area contributed by atoms with Crippen LogP contribution in [-0.2, 0) is 14.6 Å². The lowest BCUT2D eigenvalue weighted by molar-refractivity contribution is -0.115. The Kier molecular flexibility index (Phi) is 6.39. The Bertz CT molecular complexity index is 1100. The third-order valence-electron chi connectivity index (χ3n) is 4.76. The van der Waals surface area contributed by atoms with Crippen molar-refractivity contribution in [3.05, 3.63) is 36.4 Å². The van der Waals surface area contributed by atoms with Crippen molar-refractivity contribution in [3.63, 3.8) is 0 Å². The fourth-order valence-electron chi connectivity index (χ4n) is 3.21. The summed E-state index contributed by atoms with van der Waals surface area (Å²) in [5, 5.41) is 9.02. The van der Waals surface area contributed by atoms with Gasteiger partial charge in [0.05, 0.1) is 10.6 Å². The van der Waals surface area contributed by atoms with Gasteiger partial charge in [-0.15, -0.1) is 0 Å². The van der Waals surface area contributed by atoms with E-state index in [9.17, 15) is 22.4 Å². The number of anilines is 2. The molecular weight excluding hydrogens is 431 g/mol. The lowest BCUT2D eigenvalue weighted by Gasteiger charge is -2.30. The van der Waals surface area contributed by atoms with Gasteiger partial charge in [-0.3, -0.25) is 9.69 Å². The van der Waals surface area contributed by atoms with Crippen LogP contribution in [0, 0.1) is 5.82 Å². The molecule has 1 aliphatic rings. The van der Waals surface area contributed by atoms with Gasteiger partial charge in [0.1, 0.15) is 24.1 Å². The molecule has 3 rings (SSSR count). The van der Waals surface area contributed by atoms with Gasteiger partial charge in [0.25, 0.3) is 0 Å². The van der Waals surface area contributed by atoms with E-state index in [1.54, 1.807) is 0 Å². The average Bonchev–Trinajstić information content (AvgIpc) is 2.69. The van der Waals surface area contributed by atoms with E-state index in [1.807, 2.05) is 0 Å². The van der Waals surface area contributed by atoms with E-state index >= 15 is 0 Å². The molecule has 1 N–H and O–H groups in total. The van der Waals surface area contributed by atoms with E-state index in [2.05, 4.69) is 9.97 Å². The molecule has 1 saturated heterocycles. The molecule has 0 atom stereocenters. The van der Waals surface area contributed by atoms with Crippen LogP contribution >= 0.6 is 0 Å². The predicted molar refractivity (Wildman–Crippen MR) is 108 cm³/mol. The standard InChI is InChI=1S/C19H21FN4O6S/c1-12(25)24(16-4-3-14(9-15(16)20)31(2,28)29)17-10-18(22-11-21-17)30-13-5-7-23(8-6-13)19(26)27/h3-4,9-11,13H,5-8H2,1-2H3,(H,26,27). The second-order valence-electron chi connectivity index (χ2n) is 7.04. The van der Waals surface area contributed by atoms with Crippen molar-refractivity contribution in [2.75, 3.05) is 24.2 Å². The molecule has 1 aromatic carbocycles. The summed E-state index contributed by atoms with van der Waals surface area (Å²) in [6.45, 7) is 1.87. The van der Waals surface area contributed by atoms with Crippen molar-refractivity contribution in [1.82, 2.24) is 14.9 Å². The van der Waals surface area contributed by atoms with Gasteiger partial charge >= 0.3 is 6.09 Å². The van der Waals surface area contributed by atoms with Crippen molar-refractivity contribution >= 4 is 33.3 Å². The summed E-state index contributed by atoms with van der Waals surface area (Å²) in [4.78, 5) is 33.4. The number of halogens is 1. The van der Waals surface area contributed by atoms with E-state index in [4.69, 9.17) is 9.84 Å². The topological polar surface area (TPSA) is 130 Å². The number of hydrogen-bond acceptors (Lipinski definition) is 7. The predicted octanol–water partition coefficient (Wildman–Crippen LogP) is 2.23. The van der Waals surface area contributed by atoms with Crippen molar-refractivity contribution < 1.29 is 32.2 Å². The molecule has 0 unspecified atom stereocenters.